The van der Waals surface area contributed by atoms with Gasteiger partial charge in [-0.2, -0.15) is 0 Å². The van der Waals surface area contributed by atoms with Crippen LogP contribution in [0.4, 0.5) is 5.69 Å². The molecule has 0 aliphatic carbocycles. The lowest BCUT2D eigenvalue weighted by Gasteiger charge is -2.15. The summed E-state index contributed by atoms with van der Waals surface area (Å²) < 4.78 is 5.67. The molecule has 2 aromatic carbocycles. The number of aryl methyl sites for hydroxylation is 2. The van der Waals surface area contributed by atoms with Crippen molar-refractivity contribution >= 4 is 11.6 Å². The zero-order chi connectivity index (χ0) is 17.5. The minimum atomic E-state index is -0.124. The molecule has 3 heteroatoms. The molecule has 3 nitrogen and oxygen atoms in total. The van der Waals surface area contributed by atoms with E-state index in [-0.39, 0.29) is 12.5 Å². The fourth-order valence-electron chi connectivity index (χ4n) is 2.69. The lowest BCUT2D eigenvalue weighted by molar-refractivity contribution is -0.118. The summed E-state index contributed by atoms with van der Waals surface area (Å²) in [5.41, 5.74) is 4.46. The number of hydrogen-bond acceptors (Lipinski definition) is 2. The lowest BCUT2D eigenvalue weighted by atomic mass is 10.0. The van der Waals surface area contributed by atoms with Gasteiger partial charge in [0.25, 0.3) is 5.91 Å². The van der Waals surface area contributed by atoms with Gasteiger partial charge in [-0.1, -0.05) is 58.0 Å². The van der Waals surface area contributed by atoms with Gasteiger partial charge in [-0.3, -0.25) is 4.79 Å². The zero-order valence-electron chi connectivity index (χ0n) is 15.1. The Morgan fingerprint density at radius 2 is 1.67 bits per heavy atom. The third kappa shape index (κ3) is 4.60. The molecule has 0 aliphatic heterocycles. The summed E-state index contributed by atoms with van der Waals surface area (Å²) in [5, 5.41) is 3.02. The van der Waals surface area contributed by atoms with Gasteiger partial charge in [-0.15, -0.1) is 0 Å². The van der Waals surface area contributed by atoms with Crippen LogP contribution in [0.2, 0.25) is 0 Å². The summed E-state index contributed by atoms with van der Waals surface area (Å²) in [5.74, 6) is 1.04. The number of rotatable bonds is 7. The Labute approximate surface area is 145 Å². The van der Waals surface area contributed by atoms with Crippen molar-refractivity contribution < 1.29 is 9.53 Å². The van der Waals surface area contributed by atoms with E-state index in [1.807, 2.05) is 24.3 Å². The standard InChI is InChI=1S/C21H27NO2/c1-5-16-9-7-10-17(6-2)21(16)22-20(23)14-24-19-12-8-11-18(13-19)15(3)4/h7-13,15H,5-6,14H2,1-4H3,(H,22,23). The average molecular weight is 325 g/mol. The van der Waals surface area contributed by atoms with Gasteiger partial charge in [-0.05, 0) is 47.6 Å². The number of para-hydroxylation sites is 1. The number of carbonyl (C=O) groups excluding carboxylic acids is 1. The number of nitrogens with one attached hydrogen (secondary N) is 1. The first-order chi connectivity index (χ1) is 11.5. The van der Waals surface area contributed by atoms with Crippen LogP contribution < -0.4 is 10.1 Å². The highest BCUT2D eigenvalue weighted by atomic mass is 16.5. The monoisotopic (exact) mass is 325 g/mol. The molecule has 24 heavy (non-hydrogen) atoms. The molecule has 0 aliphatic rings. The van der Waals surface area contributed by atoms with E-state index in [2.05, 4.69) is 51.2 Å². The number of amides is 1. The Balaban J connectivity index is 2.03. The van der Waals surface area contributed by atoms with Crippen molar-refractivity contribution in [3.63, 3.8) is 0 Å². The second kappa shape index (κ2) is 8.53. The van der Waals surface area contributed by atoms with E-state index in [1.54, 1.807) is 0 Å². The summed E-state index contributed by atoms with van der Waals surface area (Å²) in [7, 11) is 0. The van der Waals surface area contributed by atoms with E-state index < -0.39 is 0 Å². The highest BCUT2D eigenvalue weighted by molar-refractivity contribution is 5.93. The Hall–Kier alpha value is -2.29. The molecule has 0 saturated carbocycles. The van der Waals surface area contributed by atoms with Crippen LogP contribution in [0.25, 0.3) is 0 Å². The van der Waals surface area contributed by atoms with E-state index in [4.69, 9.17) is 4.74 Å². The smallest absolute Gasteiger partial charge is 0.262 e. The quantitative estimate of drug-likeness (QED) is 0.782. The maximum atomic E-state index is 12.3. The van der Waals surface area contributed by atoms with Crippen LogP contribution in [-0.2, 0) is 17.6 Å². The predicted octanol–water partition coefficient (Wildman–Crippen LogP) is 4.95. The largest absolute Gasteiger partial charge is 0.484 e. The van der Waals surface area contributed by atoms with Crippen molar-refractivity contribution in [1.29, 1.82) is 0 Å². The summed E-state index contributed by atoms with van der Waals surface area (Å²) in [6.07, 6.45) is 1.78. The maximum Gasteiger partial charge on any atom is 0.262 e. The van der Waals surface area contributed by atoms with Gasteiger partial charge in [0.1, 0.15) is 5.75 Å². The number of benzene rings is 2. The molecule has 0 unspecified atom stereocenters. The molecule has 2 rings (SSSR count). The molecule has 128 valence electrons. The number of anilines is 1. The summed E-state index contributed by atoms with van der Waals surface area (Å²) in [4.78, 5) is 12.3. The van der Waals surface area contributed by atoms with Crippen LogP contribution in [0.15, 0.2) is 42.5 Å². The van der Waals surface area contributed by atoms with Gasteiger partial charge in [0.2, 0.25) is 0 Å². The number of carbonyl (C=O) groups is 1. The summed E-state index contributed by atoms with van der Waals surface area (Å²) in [6, 6.07) is 14.1. The first-order valence-corrected chi connectivity index (χ1v) is 8.68. The van der Waals surface area contributed by atoms with Crippen molar-refractivity contribution in [3.8, 4) is 5.75 Å². The molecule has 0 spiro atoms. The fraction of sp³-hybridized carbons (Fsp3) is 0.381. The Morgan fingerprint density at radius 1 is 1.04 bits per heavy atom. The Kier molecular flexibility index (Phi) is 6.42. The maximum absolute atomic E-state index is 12.3. The van der Waals surface area contributed by atoms with Crippen molar-refractivity contribution in [1.82, 2.24) is 0 Å². The van der Waals surface area contributed by atoms with Gasteiger partial charge in [0.05, 0.1) is 0 Å². The van der Waals surface area contributed by atoms with Crippen LogP contribution in [0.5, 0.6) is 5.75 Å². The Bertz CT molecular complexity index is 670. The molecule has 0 bridgehead atoms. The Morgan fingerprint density at radius 3 is 2.25 bits per heavy atom. The first-order valence-electron chi connectivity index (χ1n) is 8.68. The molecule has 1 amide bonds. The second-order valence-corrected chi connectivity index (χ2v) is 6.22. The number of ether oxygens (including phenoxy) is 1. The van der Waals surface area contributed by atoms with Crippen LogP contribution in [-0.4, -0.2) is 12.5 Å². The van der Waals surface area contributed by atoms with E-state index in [1.165, 1.54) is 5.56 Å². The molecule has 0 radical (unpaired) electrons. The molecule has 0 fully saturated rings. The molecule has 1 N–H and O–H groups in total. The molecule has 2 aromatic rings. The van der Waals surface area contributed by atoms with Crippen LogP contribution in [0.1, 0.15) is 50.3 Å². The van der Waals surface area contributed by atoms with E-state index >= 15 is 0 Å². The summed E-state index contributed by atoms with van der Waals surface area (Å²) >= 11 is 0. The number of hydrogen-bond donors (Lipinski definition) is 1. The lowest BCUT2D eigenvalue weighted by Crippen LogP contribution is -2.21. The van der Waals surface area contributed by atoms with E-state index in [0.29, 0.717) is 5.92 Å². The zero-order valence-corrected chi connectivity index (χ0v) is 15.1. The molecular weight excluding hydrogens is 298 g/mol. The predicted molar refractivity (Wildman–Crippen MR) is 99.9 cm³/mol. The minimum Gasteiger partial charge on any atom is -0.484 e. The highest BCUT2D eigenvalue weighted by Crippen LogP contribution is 2.23. The van der Waals surface area contributed by atoms with Crippen LogP contribution in [0.3, 0.4) is 0 Å². The minimum absolute atomic E-state index is 0.0166. The average Bonchev–Trinajstić information content (AvgIpc) is 2.60. The third-order valence-corrected chi connectivity index (χ3v) is 4.16. The van der Waals surface area contributed by atoms with Crippen molar-refractivity contribution in [2.24, 2.45) is 0 Å². The molecule has 0 heterocycles. The van der Waals surface area contributed by atoms with Crippen molar-refractivity contribution in [2.75, 3.05) is 11.9 Å². The normalized spacial score (nSPS) is 10.7. The topological polar surface area (TPSA) is 38.3 Å². The molecule has 0 aromatic heterocycles. The SMILES string of the molecule is CCc1cccc(CC)c1NC(=O)COc1cccc(C(C)C)c1. The third-order valence-electron chi connectivity index (χ3n) is 4.16. The van der Waals surface area contributed by atoms with Crippen LogP contribution >= 0.6 is 0 Å². The fourth-order valence-corrected chi connectivity index (χ4v) is 2.69. The van der Waals surface area contributed by atoms with Gasteiger partial charge >= 0.3 is 0 Å². The van der Waals surface area contributed by atoms with Crippen LogP contribution in [0, 0.1) is 0 Å². The molecule has 0 saturated heterocycles. The van der Waals surface area contributed by atoms with Crippen molar-refractivity contribution in [2.45, 2.75) is 46.5 Å². The van der Waals surface area contributed by atoms with Gasteiger partial charge in [-0.25, -0.2) is 0 Å². The summed E-state index contributed by atoms with van der Waals surface area (Å²) in [6.45, 7) is 8.49. The molecule has 0 atom stereocenters. The molecular formula is C21H27NO2. The van der Waals surface area contributed by atoms with Crippen molar-refractivity contribution in [3.05, 3.63) is 59.2 Å². The van der Waals surface area contributed by atoms with Gasteiger partial charge in [0.15, 0.2) is 6.61 Å². The van der Waals surface area contributed by atoms with E-state index in [9.17, 15) is 4.79 Å². The van der Waals surface area contributed by atoms with Gasteiger partial charge < -0.3 is 10.1 Å². The first kappa shape index (κ1) is 18.1. The van der Waals surface area contributed by atoms with Gasteiger partial charge in [0, 0.05) is 5.69 Å². The highest BCUT2D eigenvalue weighted by Gasteiger charge is 2.11. The van der Waals surface area contributed by atoms with E-state index in [0.717, 1.165) is 35.4 Å². The second-order valence-electron chi connectivity index (χ2n) is 6.22.